The molecule has 0 saturated heterocycles. The molecule has 0 aliphatic rings. The summed E-state index contributed by atoms with van der Waals surface area (Å²) < 4.78 is 6.40. The van der Waals surface area contributed by atoms with Gasteiger partial charge in [0.2, 0.25) is 0 Å². The van der Waals surface area contributed by atoms with Gasteiger partial charge in [-0.25, -0.2) is 0 Å². The second-order valence-electron chi connectivity index (χ2n) is 6.21. The average Bonchev–Trinajstić information content (AvgIpc) is 2.99. The van der Waals surface area contributed by atoms with Crippen molar-refractivity contribution in [1.82, 2.24) is 14.8 Å². The van der Waals surface area contributed by atoms with E-state index in [0.717, 1.165) is 16.7 Å². The minimum Gasteiger partial charge on any atom is -0.469 e. The van der Waals surface area contributed by atoms with Gasteiger partial charge in [-0.2, -0.15) is 5.10 Å². The van der Waals surface area contributed by atoms with E-state index >= 15 is 0 Å². The van der Waals surface area contributed by atoms with Crippen molar-refractivity contribution >= 4 is 34.7 Å². The number of carbonyl (C=O) groups is 1. The van der Waals surface area contributed by atoms with E-state index in [-0.39, 0.29) is 12.4 Å². The fourth-order valence-corrected chi connectivity index (χ4v) is 3.42. The Bertz CT molecular complexity index is 1040. The maximum absolute atomic E-state index is 11.8. The van der Waals surface area contributed by atoms with Crippen LogP contribution in [0.1, 0.15) is 23.1 Å². The molecule has 0 N–H and O–H groups in total. The van der Waals surface area contributed by atoms with Crippen LogP contribution in [-0.2, 0) is 16.6 Å². The Labute approximate surface area is 173 Å². The van der Waals surface area contributed by atoms with E-state index < -0.39 is 0 Å². The van der Waals surface area contributed by atoms with Crippen LogP contribution in [0.4, 0.5) is 0 Å². The lowest BCUT2D eigenvalue weighted by Crippen LogP contribution is -2.00. The monoisotopic (exact) mass is 415 g/mol. The van der Waals surface area contributed by atoms with Crippen LogP contribution in [0, 0.1) is 6.92 Å². The van der Waals surface area contributed by atoms with Crippen LogP contribution < -0.4 is 0 Å². The number of aryl methyl sites for hydroxylation is 2. The quantitative estimate of drug-likeness (QED) is 0.544. The SMILES string of the molecule is COC(=O)C/C=C(\c1ccc(Cl)cc1C)c1c(-c2ccccn2)nn(C)c1Cl. The van der Waals surface area contributed by atoms with Crippen molar-refractivity contribution in [2.45, 2.75) is 13.3 Å². The summed E-state index contributed by atoms with van der Waals surface area (Å²) in [7, 11) is 3.13. The number of rotatable bonds is 5. The average molecular weight is 416 g/mol. The van der Waals surface area contributed by atoms with Crippen LogP contribution in [0.5, 0.6) is 0 Å². The van der Waals surface area contributed by atoms with Gasteiger partial charge in [-0.1, -0.05) is 41.4 Å². The van der Waals surface area contributed by atoms with Gasteiger partial charge < -0.3 is 4.74 Å². The summed E-state index contributed by atoms with van der Waals surface area (Å²) >= 11 is 12.8. The summed E-state index contributed by atoms with van der Waals surface area (Å²) in [5.74, 6) is -0.344. The zero-order chi connectivity index (χ0) is 20.3. The molecule has 144 valence electrons. The second-order valence-corrected chi connectivity index (χ2v) is 7.00. The van der Waals surface area contributed by atoms with Crippen molar-refractivity contribution in [2.24, 2.45) is 7.05 Å². The fourth-order valence-electron chi connectivity index (χ4n) is 2.97. The third kappa shape index (κ3) is 4.11. The summed E-state index contributed by atoms with van der Waals surface area (Å²) in [5, 5.41) is 5.65. The van der Waals surface area contributed by atoms with Crippen molar-refractivity contribution in [3.63, 3.8) is 0 Å². The van der Waals surface area contributed by atoms with Gasteiger partial charge in [-0.05, 0) is 47.9 Å². The molecule has 5 nitrogen and oxygen atoms in total. The Kier molecular flexibility index (Phi) is 6.17. The molecule has 1 aromatic carbocycles. The predicted molar refractivity (Wildman–Crippen MR) is 111 cm³/mol. The Balaban J connectivity index is 2.26. The molecule has 2 aromatic heterocycles. The van der Waals surface area contributed by atoms with Gasteiger partial charge in [0.25, 0.3) is 0 Å². The Hall–Kier alpha value is -2.63. The van der Waals surface area contributed by atoms with Gasteiger partial charge >= 0.3 is 5.97 Å². The molecule has 0 radical (unpaired) electrons. The number of pyridine rings is 1. The number of ether oxygens (including phenoxy) is 1. The lowest BCUT2D eigenvalue weighted by Gasteiger charge is -2.13. The Morgan fingerprint density at radius 1 is 1.25 bits per heavy atom. The number of halogens is 2. The molecule has 3 aromatic rings. The van der Waals surface area contributed by atoms with E-state index in [1.807, 2.05) is 37.3 Å². The van der Waals surface area contributed by atoms with Crippen LogP contribution in [0.2, 0.25) is 10.2 Å². The van der Waals surface area contributed by atoms with Gasteiger partial charge in [0.15, 0.2) is 0 Å². The second kappa shape index (κ2) is 8.59. The van der Waals surface area contributed by atoms with E-state index in [2.05, 4.69) is 10.1 Å². The molecule has 2 heterocycles. The van der Waals surface area contributed by atoms with E-state index in [9.17, 15) is 4.79 Å². The molecule has 3 rings (SSSR count). The molecular weight excluding hydrogens is 397 g/mol. The van der Waals surface area contributed by atoms with Gasteiger partial charge in [-0.15, -0.1) is 0 Å². The van der Waals surface area contributed by atoms with E-state index in [4.69, 9.17) is 27.9 Å². The first-order valence-electron chi connectivity index (χ1n) is 8.60. The van der Waals surface area contributed by atoms with Crippen LogP contribution in [0.3, 0.4) is 0 Å². The summed E-state index contributed by atoms with van der Waals surface area (Å²) in [6, 6.07) is 11.2. The maximum Gasteiger partial charge on any atom is 0.309 e. The van der Waals surface area contributed by atoms with Crippen LogP contribution >= 0.6 is 23.2 Å². The number of methoxy groups -OCH3 is 1. The molecule has 28 heavy (non-hydrogen) atoms. The molecule has 0 aliphatic heterocycles. The standard InChI is InChI=1S/C21H19Cl2N3O2/c1-13-12-14(22)7-8-15(13)16(9-10-18(27)28-3)19-20(25-26(2)21(19)23)17-6-4-5-11-24-17/h4-9,11-12H,10H2,1-3H3/b16-9+. The first-order valence-corrected chi connectivity index (χ1v) is 9.35. The minimum atomic E-state index is -0.344. The van der Waals surface area contributed by atoms with Gasteiger partial charge in [0.05, 0.1) is 19.2 Å². The first kappa shape index (κ1) is 20.1. The summed E-state index contributed by atoms with van der Waals surface area (Å²) in [6.45, 7) is 1.96. The first-order chi connectivity index (χ1) is 13.4. The highest BCUT2D eigenvalue weighted by Gasteiger charge is 2.23. The van der Waals surface area contributed by atoms with Crippen molar-refractivity contribution in [1.29, 1.82) is 0 Å². The fraction of sp³-hybridized carbons (Fsp3) is 0.190. The molecule has 0 saturated carbocycles. The highest BCUT2D eigenvalue weighted by Crippen LogP contribution is 2.38. The highest BCUT2D eigenvalue weighted by atomic mass is 35.5. The van der Waals surface area contributed by atoms with Crippen LogP contribution in [0.15, 0.2) is 48.7 Å². The van der Waals surface area contributed by atoms with E-state index in [0.29, 0.717) is 27.1 Å². The molecule has 0 spiro atoms. The van der Waals surface area contributed by atoms with Crippen molar-refractivity contribution in [2.75, 3.05) is 7.11 Å². The van der Waals surface area contributed by atoms with Gasteiger partial charge in [0.1, 0.15) is 10.8 Å². The predicted octanol–water partition coefficient (Wildman–Crippen LogP) is 5.09. The topological polar surface area (TPSA) is 57.0 Å². The van der Waals surface area contributed by atoms with Crippen molar-refractivity contribution in [3.8, 4) is 11.4 Å². The smallest absolute Gasteiger partial charge is 0.309 e. The molecule has 7 heteroatoms. The van der Waals surface area contributed by atoms with Crippen LogP contribution in [0.25, 0.3) is 17.0 Å². The van der Waals surface area contributed by atoms with Crippen LogP contribution in [-0.4, -0.2) is 27.8 Å². The lowest BCUT2D eigenvalue weighted by molar-refractivity contribution is -0.139. The Morgan fingerprint density at radius 2 is 2.04 bits per heavy atom. The van der Waals surface area contributed by atoms with Crippen molar-refractivity contribution < 1.29 is 9.53 Å². The minimum absolute atomic E-state index is 0.0980. The van der Waals surface area contributed by atoms with Crippen molar-refractivity contribution in [3.05, 3.63) is 75.5 Å². The number of hydrogen-bond donors (Lipinski definition) is 0. The molecule has 0 amide bonds. The summed E-state index contributed by atoms with van der Waals surface area (Å²) in [4.78, 5) is 16.2. The molecule has 0 aliphatic carbocycles. The molecule has 0 atom stereocenters. The summed E-state index contributed by atoms with van der Waals surface area (Å²) in [6.07, 6.45) is 3.60. The Morgan fingerprint density at radius 3 is 2.68 bits per heavy atom. The zero-order valence-corrected chi connectivity index (χ0v) is 17.3. The normalized spacial score (nSPS) is 11.5. The number of esters is 1. The maximum atomic E-state index is 11.8. The number of nitrogens with zero attached hydrogens (tertiary/aromatic N) is 3. The van der Waals surface area contributed by atoms with E-state index in [1.54, 1.807) is 30.1 Å². The highest BCUT2D eigenvalue weighted by molar-refractivity contribution is 6.32. The number of carbonyl (C=O) groups excluding carboxylic acids is 1. The zero-order valence-electron chi connectivity index (χ0n) is 15.7. The molecule has 0 bridgehead atoms. The molecular formula is C21H19Cl2N3O2. The third-order valence-corrected chi connectivity index (χ3v) is 5.00. The number of benzene rings is 1. The van der Waals surface area contributed by atoms with Gasteiger partial charge in [0, 0.05) is 23.8 Å². The largest absolute Gasteiger partial charge is 0.469 e. The number of hydrogen-bond acceptors (Lipinski definition) is 4. The van der Waals surface area contributed by atoms with Gasteiger partial charge in [-0.3, -0.25) is 14.5 Å². The molecule has 0 fully saturated rings. The molecule has 0 unspecified atom stereocenters. The van der Waals surface area contributed by atoms with E-state index in [1.165, 1.54) is 7.11 Å². The summed E-state index contributed by atoms with van der Waals surface area (Å²) in [5.41, 5.74) is 4.67. The lowest BCUT2D eigenvalue weighted by atomic mass is 9.93. The number of aromatic nitrogens is 3. The third-order valence-electron chi connectivity index (χ3n) is 4.33.